The number of hydrogen-bond donors (Lipinski definition) is 2. The standard InChI is InChI=1S/C33H34N4O3/c1-37(22-33(17-19-34-20-18-33)25-11-5-7-13-29(25)37)32(40)24-15-16-26-28(21-24)35-27(12-6-8-14-30(38)39)31(36-26)23-9-3-2-4-10-23/h2-5,7,9-11,13,15-16,21,34H,6,8,12,14,17-20,22H2,1H3/p+1. The zero-order valence-electron chi connectivity index (χ0n) is 22.9. The minimum atomic E-state index is -0.789. The SMILES string of the molecule is C[N+]1(C(=O)c2ccc3nc(-c4ccccc4)c(CCCCC(=O)O)nc3c2)CC2(CCNCC2)c2ccccc21. The van der Waals surface area contributed by atoms with Gasteiger partial charge in [0.15, 0.2) is 0 Å². The van der Waals surface area contributed by atoms with Gasteiger partial charge in [-0.25, -0.2) is 19.2 Å². The normalized spacial score (nSPS) is 19.5. The maximum Gasteiger partial charge on any atom is 0.350 e. The second-order valence-corrected chi connectivity index (χ2v) is 11.4. The number of aliphatic carboxylic acids is 1. The van der Waals surface area contributed by atoms with Gasteiger partial charge in [-0.05, 0) is 69.5 Å². The van der Waals surface area contributed by atoms with Gasteiger partial charge in [-0.1, -0.05) is 48.5 Å². The van der Waals surface area contributed by atoms with Crippen LogP contribution < -0.4 is 9.80 Å². The number of unbranched alkanes of at least 4 members (excludes halogenated alkanes) is 1. The van der Waals surface area contributed by atoms with E-state index in [0.29, 0.717) is 30.3 Å². The highest BCUT2D eigenvalue weighted by molar-refractivity contribution is 6.05. The first-order valence-corrected chi connectivity index (χ1v) is 14.2. The van der Waals surface area contributed by atoms with Gasteiger partial charge in [0.1, 0.15) is 12.2 Å². The number of para-hydroxylation sites is 1. The average molecular weight is 536 g/mol. The number of carbonyl (C=O) groups excluding carboxylic acids is 1. The zero-order chi connectivity index (χ0) is 27.7. The minimum absolute atomic E-state index is 0.0105. The fourth-order valence-corrected chi connectivity index (χ4v) is 6.72. The molecule has 2 aliphatic heterocycles. The summed E-state index contributed by atoms with van der Waals surface area (Å²) in [5.41, 5.74) is 7.09. The molecule has 2 N–H and O–H groups in total. The molecule has 7 nitrogen and oxygen atoms in total. The predicted octanol–water partition coefficient (Wildman–Crippen LogP) is 5.51. The number of amides is 1. The van der Waals surface area contributed by atoms with Gasteiger partial charge in [0.05, 0.1) is 40.4 Å². The summed E-state index contributed by atoms with van der Waals surface area (Å²) in [6.45, 7) is 2.69. The van der Waals surface area contributed by atoms with E-state index in [1.807, 2.05) is 54.6 Å². The molecule has 40 heavy (non-hydrogen) atoms. The second-order valence-electron chi connectivity index (χ2n) is 11.4. The van der Waals surface area contributed by atoms with Gasteiger partial charge in [-0.2, -0.15) is 0 Å². The van der Waals surface area contributed by atoms with Crippen molar-refractivity contribution in [2.45, 2.75) is 43.9 Å². The smallest absolute Gasteiger partial charge is 0.350 e. The quantitative estimate of drug-likeness (QED) is 0.240. The molecule has 2 aliphatic rings. The number of quaternary nitrogens is 1. The molecule has 1 amide bonds. The number of carboxylic acid groups (broad SMARTS) is 1. The molecule has 0 saturated carbocycles. The molecule has 0 radical (unpaired) electrons. The lowest BCUT2D eigenvalue weighted by molar-refractivity contribution is -0.137. The van der Waals surface area contributed by atoms with Crippen molar-refractivity contribution in [1.29, 1.82) is 0 Å². The average Bonchev–Trinajstić information content (AvgIpc) is 3.23. The van der Waals surface area contributed by atoms with Crippen LogP contribution in [0.2, 0.25) is 0 Å². The number of hydrogen-bond acceptors (Lipinski definition) is 5. The molecule has 4 aromatic rings. The number of likely N-dealkylation sites (N-methyl/N-ethyl adjacent to an activating group) is 1. The predicted molar refractivity (Wildman–Crippen MR) is 157 cm³/mol. The van der Waals surface area contributed by atoms with Gasteiger partial charge >= 0.3 is 11.9 Å². The lowest BCUT2D eigenvalue weighted by Crippen LogP contribution is -2.54. The summed E-state index contributed by atoms with van der Waals surface area (Å²) in [6, 6.07) is 24.1. The van der Waals surface area contributed by atoms with E-state index in [2.05, 4.69) is 30.6 Å². The van der Waals surface area contributed by atoms with Crippen molar-refractivity contribution in [3.8, 4) is 11.3 Å². The van der Waals surface area contributed by atoms with E-state index in [-0.39, 0.29) is 22.2 Å². The van der Waals surface area contributed by atoms with Crippen LogP contribution in [-0.2, 0) is 16.6 Å². The molecule has 0 aliphatic carbocycles. The summed E-state index contributed by atoms with van der Waals surface area (Å²) in [4.78, 5) is 35.3. The Morgan fingerprint density at radius 1 is 0.925 bits per heavy atom. The number of fused-ring (bicyclic) bond motifs is 3. The van der Waals surface area contributed by atoms with E-state index < -0.39 is 5.97 Å². The van der Waals surface area contributed by atoms with Crippen LogP contribution in [0.1, 0.15) is 53.7 Å². The van der Waals surface area contributed by atoms with E-state index in [1.165, 1.54) is 5.56 Å². The Morgan fingerprint density at radius 2 is 1.68 bits per heavy atom. The van der Waals surface area contributed by atoms with E-state index >= 15 is 0 Å². The fourth-order valence-electron chi connectivity index (χ4n) is 6.72. The number of piperidine rings is 1. The molecule has 1 saturated heterocycles. The zero-order valence-corrected chi connectivity index (χ0v) is 22.9. The summed E-state index contributed by atoms with van der Waals surface area (Å²) >= 11 is 0. The number of nitrogens with one attached hydrogen (secondary N) is 1. The number of carbonyl (C=O) groups is 2. The van der Waals surface area contributed by atoms with Crippen LogP contribution in [0.4, 0.5) is 5.69 Å². The molecular formula is C33H35N4O3+. The molecule has 3 aromatic carbocycles. The first kappa shape index (κ1) is 26.3. The van der Waals surface area contributed by atoms with E-state index in [4.69, 9.17) is 15.1 Å². The van der Waals surface area contributed by atoms with Gasteiger partial charge in [0.2, 0.25) is 0 Å². The third kappa shape index (κ3) is 4.69. The molecule has 1 aromatic heterocycles. The van der Waals surface area contributed by atoms with E-state index in [0.717, 1.165) is 60.6 Å². The number of benzene rings is 3. The Bertz CT molecular complexity index is 1580. The first-order valence-electron chi connectivity index (χ1n) is 14.2. The second kappa shape index (κ2) is 10.6. The van der Waals surface area contributed by atoms with Crippen molar-refractivity contribution < 1.29 is 14.7 Å². The molecule has 7 heteroatoms. The highest BCUT2D eigenvalue weighted by Gasteiger charge is 2.55. The van der Waals surface area contributed by atoms with Crippen molar-refractivity contribution in [3.05, 3.63) is 89.6 Å². The van der Waals surface area contributed by atoms with Crippen molar-refractivity contribution in [3.63, 3.8) is 0 Å². The third-order valence-electron chi connectivity index (χ3n) is 8.72. The largest absolute Gasteiger partial charge is 0.481 e. The third-order valence-corrected chi connectivity index (χ3v) is 8.72. The summed E-state index contributed by atoms with van der Waals surface area (Å²) in [5.74, 6) is -0.718. The van der Waals surface area contributed by atoms with Crippen LogP contribution in [0.25, 0.3) is 22.3 Å². The van der Waals surface area contributed by atoms with E-state index in [1.54, 1.807) is 0 Å². The first-order chi connectivity index (χ1) is 19.4. The Labute approximate surface area is 234 Å². The highest BCUT2D eigenvalue weighted by Crippen LogP contribution is 2.49. The molecule has 3 heterocycles. The number of aromatic nitrogens is 2. The van der Waals surface area contributed by atoms with Gasteiger partial charge in [0.25, 0.3) is 0 Å². The van der Waals surface area contributed by atoms with Crippen molar-refractivity contribution in [1.82, 2.24) is 19.8 Å². The lowest BCUT2D eigenvalue weighted by atomic mass is 9.75. The number of aryl methyl sites for hydroxylation is 1. The van der Waals surface area contributed by atoms with Crippen LogP contribution in [0.15, 0.2) is 72.8 Å². The maximum absolute atomic E-state index is 14.3. The molecule has 1 fully saturated rings. The summed E-state index contributed by atoms with van der Waals surface area (Å²) in [6.07, 6.45) is 4.10. The number of nitrogens with zero attached hydrogens (tertiary/aromatic N) is 3. The van der Waals surface area contributed by atoms with Crippen LogP contribution in [0, 0.1) is 0 Å². The Balaban J connectivity index is 1.37. The Hall–Kier alpha value is -3.94. The van der Waals surface area contributed by atoms with Crippen LogP contribution in [-0.4, -0.2) is 53.6 Å². The van der Waals surface area contributed by atoms with Crippen LogP contribution >= 0.6 is 0 Å². The van der Waals surface area contributed by atoms with Gasteiger partial charge in [-0.3, -0.25) is 4.79 Å². The van der Waals surface area contributed by atoms with Crippen molar-refractivity contribution in [2.75, 3.05) is 26.7 Å². The molecule has 204 valence electrons. The van der Waals surface area contributed by atoms with Crippen molar-refractivity contribution >= 4 is 28.6 Å². The molecule has 1 unspecified atom stereocenters. The van der Waals surface area contributed by atoms with Crippen molar-refractivity contribution in [2.24, 2.45) is 0 Å². The molecular weight excluding hydrogens is 500 g/mol. The molecule has 1 spiro atoms. The van der Waals surface area contributed by atoms with Gasteiger partial charge in [-0.15, -0.1) is 0 Å². The Kier molecular flexibility index (Phi) is 6.94. The molecule has 0 bridgehead atoms. The van der Waals surface area contributed by atoms with Gasteiger partial charge in [0, 0.05) is 17.5 Å². The van der Waals surface area contributed by atoms with Crippen LogP contribution in [0.5, 0.6) is 0 Å². The topological polar surface area (TPSA) is 92.2 Å². The van der Waals surface area contributed by atoms with Gasteiger partial charge < -0.3 is 10.4 Å². The monoisotopic (exact) mass is 535 g/mol. The maximum atomic E-state index is 14.3. The molecule has 1 atom stereocenters. The summed E-state index contributed by atoms with van der Waals surface area (Å²) in [5, 5.41) is 12.5. The highest BCUT2D eigenvalue weighted by atomic mass is 16.4. The van der Waals surface area contributed by atoms with E-state index in [9.17, 15) is 9.59 Å². The summed E-state index contributed by atoms with van der Waals surface area (Å²) in [7, 11) is 2.06. The van der Waals surface area contributed by atoms with Crippen LogP contribution in [0.3, 0.4) is 0 Å². The minimum Gasteiger partial charge on any atom is -0.481 e. The lowest BCUT2D eigenvalue weighted by Gasteiger charge is -2.35. The fraction of sp³-hybridized carbons (Fsp3) is 0.333. The molecule has 6 rings (SSSR count). The summed E-state index contributed by atoms with van der Waals surface area (Å²) < 4.78 is 0.249. The number of rotatable bonds is 7. The number of carboxylic acids is 1. The Morgan fingerprint density at radius 3 is 2.45 bits per heavy atom.